The molecular formula is C15H19N5O7S. The number of nitrogens with zero attached hydrogens (tertiary/aromatic N) is 3. The predicted octanol–water partition coefficient (Wildman–Crippen LogP) is -0.868. The Hall–Kier alpha value is -2.32. The van der Waals surface area contributed by atoms with Gasteiger partial charge in [0.15, 0.2) is 0 Å². The van der Waals surface area contributed by atoms with E-state index in [1.165, 1.54) is 4.90 Å². The van der Waals surface area contributed by atoms with Gasteiger partial charge in [0, 0.05) is 24.9 Å². The van der Waals surface area contributed by atoms with E-state index in [9.17, 15) is 18.0 Å². The van der Waals surface area contributed by atoms with Gasteiger partial charge in [-0.25, -0.2) is 10.3 Å². The lowest BCUT2D eigenvalue weighted by Crippen LogP contribution is -2.66. The van der Waals surface area contributed by atoms with E-state index in [0.29, 0.717) is 17.9 Å². The van der Waals surface area contributed by atoms with Crippen LogP contribution in [0.5, 0.6) is 0 Å². The molecule has 4 N–H and O–H groups in total. The van der Waals surface area contributed by atoms with Gasteiger partial charge in [-0.15, -0.1) is 4.28 Å². The number of hydroxylamine groups is 3. The molecule has 1 aromatic rings. The molecule has 28 heavy (non-hydrogen) atoms. The van der Waals surface area contributed by atoms with Crippen LogP contribution in [0.15, 0.2) is 24.5 Å². The molecule has 0 radical (unpaired) electrons. The van der Waals surface area contributed by atoms with E-state index in [0.717, 1.165) is 5.56 Å². The summed E-state index contributed by atoms with van der Waals surface area (Å²) in [4.78, 5) is 35.4. The van der Waals surface area contributed by atoms with Crippen molar-refractivity contribution in [2.75, 3.05) is 13.2 Å². The third-order valence-corrected chi connectivity index (χ3v) is 5.89. The van der Waals surface area contributed by atoms with Crippen molar-refractivity contribution in [1.82, 2.24) is 20.4 Å². The minimum absolute atomic E-state index is 0.00585. The quantitative estimate of drug-likeness (QED) is 0.381. The van der Waals surface area contributed by atoms with Crippen LogP contribution in [-0.4, -0.2) is 64.6 Å². The molecule has 12 nitrogen and oxygen atoms in total. The third-order valence-electron chi connectivity index (χ3n) is 5.55. The van der Waals surface area contributed by atoms with Crippen LogP contribution in [0.3, 0.4) is 0 Å². The first-order valence-corrected chi connectivity index (χ1v) is 9.94. The lowest BCUT2D eigenvalue weighted by molar-refractivity contribution is -0.162. The number of carbonyl (C=O) groups excluding carboxylic acids is 2. The topological polar surface area (TPSA) is 164 Å². The summed E-state index contributed by atoms with van der Waals surface area (Å²) >= 11 is 0. The van der Waals surface area contributed by atoms with Crippen LogP contribution in [0.2, 0.25) is 0 Å². The highest BCUT2D eigenvalue weighted by molar-refractivity contribution is 7.80. The first-order valence-electron chi connectivity index (χ1n) is 8.58. The minimum Gasteiger partial charge on any atom is -0.322 e. The highest BCUT2D eigenvalue weighted by Gasteiger charge is 2.72. The Labute approximate surface area is 160 Å². The van der Waals surface area contributed by atoms with Crippen molar-refractivity contribution in [2.45, 2.75) is 30.5 Å². The molecule has 152 valence electrons. The van der Waals surface area contributed by atoms with Gasteiger partial charge in [0.05, 0.1) is 18.2 Å². The fourth-order valence-corrected chi connectivity index (χ4v) is 4.59. The van der Waals surface area contributed by atoms with Gasteiger partial charge in [-0.1, -0.05) is 6.07 Å². The van der Waals surface area contributed by atoms with E-state index in [1.807, 2.05) is 0 Å². The van der Waals surface area contributed by atoms with Crippen molar-refractivity contribution < 1.29 is 31.7 Å². The summed E-state index contributed by atoms with van der Waals surface area (Å²) < 4.78 is 35.4. The number of fused-ring (bicyclic) bond motifs is 1. The van der Waals surface area contributed by atoms with Gasteiger partial charge in [-0.05, 0) is 24.5 Å². The second-order valence-electron chi connectivity index (χ2n) is 7.07. The Morgan fingerprint density at radius 1 is 1.54 bits per heavy atom. The van der Waals surface area contributed by atoms with Crippen molar-refractivity contribution in [2.24, 2.45) is 11.7 Å². The SMILES string of the molecule is NC(CONC(=O)C1C2CCC23CN1C(=O)N3OS(=O)(=O)O)c1cccnc1. The summed E-state index contributed by atoms with van der Waals surface area (Å²) in [7, 11) is -4.84. The normalized spacial score (nSPS) is 29.4. The summed E-state index contributed by atoms with van der Waals surface area (Å²) in [5.74, 6) is -0.854. The molecule has 0 aromatic carbocycles. The van der Waals surface area contributed by atoms with E-state index in [1.54, 1.807) is 24.5 Å². The van der Waals surface area contributed by atoms with Crippen molar-refractivity contribution in [3.05, 3.63) is 30.1 Å². The molecule has 3 amide bonds. The summed E-state index contributed by atoms with van der Waals surface area (Å²) in [6, 6.07) is 1.42. The second kappa shape index (κ2) is 6.63. The maximum absolute atomic E-state index is 12.6. The number of carbonyl (C=O) groups is 2. The Kier molecular flexibility index (Phi) is 4.50. The smallest absolute Gasteiger partial charge is 0.322 e. The number of nitrogens with one attached hydrogen (secondary N) is 1. The van der Waals surface area contributed by atoms with Gasteiger partial charge in [-0.3, -0.25) is 19.2 Å². The molecule has 4 atom stereocenters. The van der Waals surface area contributed by atoms with Crippen molar-refractivity contribution in [1.29, 1.82) is 0 Å². The Morgan fingerprint density at radius 3 is 2.93 bits per heavy atom. The molecule has 2 bridgehead atoms. The average molecular weight is 413 g/mol. The van der Waals surface area contributed by atoms with E-state index in [4.69, 9.17) is 15.1 Å². The highest BCUT2D eigenvalue weighted by atomic mass is 32.3. The molecule has 4 unspecified atom stereocenters. The third kappa shape index (κ3) is 3.00. The molecule has 1 spiro atoms. The molecule has 3 fully saturated rings. The van der Waals surface area contributed by atoms with E-state index in [-0.39, 0.29) is 19.1 Å². The first-order chi connectivity index (χ1) is 13.2. The van der Waals surface area contributed by atoms with Gasteiger partial charge >= 0.3 is 16.4 Å². The van der Waals surface area contributed by atoms with Crippen molar-refractivity contribution in [3.8, 4) is 0 Å². The summed E-state index contributed by atoms with van der Waals surface area (Å²) in [5.41, 5.74) is 8.08. The number of aromatic nitrogens is 1. The van der Waals surface area contributed by atoms with Crippen molar-refractivity contribution in [3.63, 3.8) is 0 Å². The predicted molar refractivity (Wildman–Crippen MR) is 91.1 cm³/mol. The Balaban J connectivity index is 1.37. The number of rotatable bonds is 7. The van der Waals surface area contributed by atoms with E-state index < -0.39 is 40.0 Å². The van der Waals surface area contributed by atoms with Crippen LogP contribution >= 0.6 is 0 Å². The van der Waals surface area contributed by atoms with Gasteiger partial charge < -0.3 is 10.6 Å². The number of hydrogen-bond donors (Lipinski definition) is 3. The first kappa shape index (κ1) is 19.0. The lowest BCUT2D eigenvalue weighted by Gasteiger charge is -2.50. The number of pyridine rings is 1. The number of hydrogen-bond acceptors (Lipinski definition) is 8. The van der Waals surface area contributed by atoms with Crippen molar-refractivity contribution >= 4 is 22.3 Å². The van der Waals surface area contributed by atoms with Crippen LogP contribution in [-0.2, 0) is 24.3 Å². The minimum atomic E-state index is -4.84. The zero-order valence-corrected chi connectivity index (χ0v) is 15.4. The van der Waals surface area contributed by atoms with Gasteiger partial charge in [0.1, 0.15) is 6.04 Å². The molecule has 3 heterocycles. The average Bonchev–Trinajstić information content (AvgIpc) is 3.04. The summed E-state index contributed by atoms with van der Waals surface area (Å²) in [5, 5.41) is 0.666. The van der Waals surface area contributed by atoms with Crippen LogP contribution in [0.1, 0.15) is 24.4 Å². The number of amides is 3. The molecule has 2 aliphatic heterocycles. The lowest BCUT2D eigenvalue weighted by atomic mass is 9.65. The second-order valence-corrected chi connectivity index (χ2v) is 8.08. The molecule has 1 aromatic heterocycles. The maximum atomic E-state index is 12.6. The van der Waals surface area contributed by atoms with Gasteiger partial charge in [-0.2, -0.15) is 13.5 Å². The molecule has 1 saturated carbocycles. The van der Waals surface area contributed by atoms with Gasteiger partial charge in [0.25, 0.3) is 5.91 Å². The largest absolute Gasteiger partial charge is 0.418 e. The fourth-order valence-electron chi connectivity index (χ4n) is 4.19. The number of urea groups is 1. The van der Waals surface area contributed by atoms with Crippen LogP contribution in [0.4, 0.5) is 4.79 Å². The molecule has 2 saturated heterocycles. The summed E-state index contributed by atoms with van der Waals surface area (Å²) in [6.07, 6.45) is 4.27. The van der Waals surface area contributed by atoms with E-state index in [2.05, 4.69) is 14.7 Å². The standard InChI is InChI=1S/C15H19N5O7S/c16-11(9-2-1-5-17-6-9)7-26-18-13(21)12-10-3-4-15(10)8-19(12)14(22)20(15)27-28(23,24)25/h1-2,5-6,10-12H,3-4,7-8,16H2,(H,18,21)(H,23,24,25). The molecule has 13 heteroatoms. The maximum Gasteiger partial charge on any atom is 0.418 e. The molecule has 1 aliphatic carbocycles. The van der Waals surface area contributed by atoms with Crippen LogP contribution in [0, 0.1) is 5.92 Å². The zero-order chi connectivity index (χ0) is 20.1. The zero-order valence-electron chi connectivity index (χ0n) is 14.6. The fraction of sp³-hybridized carbons (Fsp3) is 0.533. The highest BCUT2D eigenvalue weighted by Crippen LogP contribution is 2.57. The van der Waals surface area contributed by atoms with Crippen LogP contribution < -0.4 is 11.2 Å². The molecule has 3 aliphatic rings. The number of nitrogens with two attached hydrogens (primary N) is 1. The molecular weight excluding hydrogens is 394 g/mol. The Morgan fingerprint density at radius 2 is 2.32 bits per heavy atom. The Bertz CT molecular complexity index is 897. The van der Waals surface area contributed by atoms with Crippen LogP contribution in [0.25, 0.3) is 0 Å². The van der Waals surface area contributed by atoms with E-state index >= 15 is 0 Å². The summed E-state index contributed by atoms with van der Waals surface area (Å²) in [6.45, 7) is 0.144. The molecule has 4 rings (SSSR count). The monoisotopic (exact) mass is 413 g/mol. The van der Waals surface area contributed by atoms with Gasteiger partial charge in [0.2, 0.25) is 0 Å².